The van der Waals surface area contributed by atoms with Crippen molar-refractivity contribution in [1.29, 1.82) is 0 Å². The van der Waals surface area contributed by atoms with E-state index in [0.717, 1.165) is 6.54 Å². The Morgan fingerprint density at radius 2 is 1.75 bits per heavy atom. The lowest BCUT2D eigenvalue weighted by atomic mass is 10.0. The molecule has 2 heteroatoms. The zero-order chi connectivity index (χ0) is 14.2. The van der Waals surface area contributed by atoms with Gasteiger partial charge >= 0.3 is 0 Å². The second-order valence-electron chi connectivity index (χ2n) is 5.92. The molecule has 0 radical (unpaired) electrons. The lowest BCUT2D eigenvalue weighted by Crippen LogP contribution is -2.31. The fourth-order valence-corrected chi connectivity index (χ4v) is 3.24. The van der Waals surface area contributed by atoms with E-state index in [-0.39, 0.29) is 0 Å². The van der Waals surface area contributed by atoms with Gasteiger partial charge in [-0.25, -0.2) is 0 Å². The number of hydrogen-bond donors (Lipinski definition) is 1. The molecule has 1 aliphatic rings. The third-order valence-electron chi connectivity index (χ3n) is 4.53. The summed E-state index contributed by atoms with van der Waals surface area (Å²) in [5.41, 5.74) is 3.13. The molecule has 1 aromatic rings. The first-order valence-electron chi connectivity index (χ1n) is 8.36. The van der Waals surface area contributed by atoms with Crippen molar-refractivity contribution >= 4 is 0 Å². The Morgan fingerprint density at radius 1 is 1.10 bits per heavy atom. The van der Waals surface area contributed by atoms with E-state index in [2.05, 4.69) is 48.3 Å². The van der Waals surface area contributed by atoms with Crippen molar-refractivity contribution in [2.45, 2.75) is 52.0 Å². The first-order valence-corrected chi connectivity index (χ1v) is 8.36. The van der Waals surface area contributed by atoms with Gasteiger partial charge in [0.05, 0.1) is 0 Å². The summed E-state index contributed by atoms with van der Waals surface area (Å²) in [6.45, 7) is 9.31. The Kier molecular flexibility index (Phi) is 6.55. The van der Waals surface area contributed by atoms with Gasteiger partial charge in [-0.2, -0.15) is 0 Å². The second-order valence-corrected chi connectivity index (χ2v) is 5.92. The van der Waals surface area contributed by atoms with Crippen LogP contribution < -0.4 is 5.32 Å². The fourth-order valence-electron chi connectivity index (χ4n) is 3.24. The van der Waals surface area contributed by atoms with Crippen LogP contribution in [0.2, 0.25) is 0 Å². The Morgan fingerprint density at radius 3 is 2.30 bits per heavy atom. The predicted octanol–water partition coefficient (Wildman–Crippen LogP) is 3.26. The van der Waals surface area contributed by atoms with Crippen LogP contribution in [-0.4, -0.2) is 37.1 Å². The molecule has 112 valence electrons. The largest absolute Gasteiger partial charge is 0.314 e. The van der Waals surface area contributed by atoms with Gasteiger partial charge in [0, 0.05) is 19.1 Å². The smallest absolute Gasteiger partial charge is 0.00647 e. The number of benzene rings is 1. The highest BCUT2D eigenvalue weighted by atomic mass is 15.1. The first-order chi connectivity index (χ1) is 9.83. The van der Waals surface area contributed by atoms with Crippen LogP contribution in [0.5, 0.6) is 0 Å². The number of fused-ring (bicyclic) bond motifs is 1. The summed E-state index contributed by atoms with van der Waals surface area (Å²) >= 11 is 0. The van der Waals surface area contributed by atoms with E-state index in [4.69, 9.17) is 0 Å². The third-order valence-corrected chi connectivity index (χ3v) is 4.53. The third kappa shape index (κ3) is 4.60. The van der Waals surface area contributed by atoms with Crippen LogP contribution in [0, 0.1) is 0 Å². The Hall–Kier alpha value is -0.860. The van der Waals surface area contributed by atoms with Crippen LogP contribution in [0.4, 0.5) is 0 Å². The first kappa shape index (κ1) is 15.5. The molecule has 0 fully saturated rings. The number of hydrogen-bond acceptors (Lipinski definition) is 2. The van der Waals surface area contributed by atoms with Gasteiger partial charge in [0.25, 0.3) is 0 Å². The average Bonchev–Trinajstić information content (AvgIpc) is 2.69. The Bertz CT molecular complexity index is 362. The molecule has 0 saturated carbocycles. The SMILES string of the molecule is CCNC(CC)CCCN1CCc2ccccc2CC1. The molecule has 1 aromatic carbocycles. The van der Waals surface area contributed by atoms with Crippen LogP contribution in [0.25, 0.3) is 0 Å². The van der Waals surface area contributed by atoms with Gasteiger partial charge in [0.2, 0.25) is 0 Å². The highest BCUT2D eigenvalue weighted by Gasteiger charge is 2.13. The minimum atomic E-state index is 0.712. The van der Waals surface area contributed by atoms with Gasteiger partial charge in [-0.1, -0.05) is 38.1 Å². The van der Waals surface area contributed by atoms with Crippen molar-refractivity contribution in [3.05, 3.63) is 35.4 Å². The van der Waals surface area contributed by atoms with Crippen LogP contribution in [0.15, 0.2) is 24.3 Å². The van der Waals surface area contributed by atoms with Crippen molar-refractivity contribution in [2.75, 3.05) is 26.2 Å². The standard InChI is InChI=1S/C18H30N2/c1-3-18(19-4-2)10-7-13-20-14-11-16-8-5-6-9-17(16)12-15-20/h5-6,8-9,18-19H,3-4,7,10-15H2,1-2H3. The average molecular weight is 274 g/mol. The summed E-state index contributed by atoms with van der Waals surface area (Å²) in [6, 6.07) is 9.67. The van der Waals surface area contributed by atoms with Crippen LogP contribution in [-0.2, 0) is 12.8 Å². The molecule has 20 heavy (non-hydrogen) atoms. The van der Waals surface area contributed by atoms with Crippen molar-refractivity contribution in [1.82, 2.24) is 10.2 Å². The molecule has 0 aromatic heterocycles. The molecule has 1 aliphatic heterocycles. The van der Waals surface area contributed by atoms with E-state index in [1.54, 1.807) is 11.1 Å². The fraction of sp³-hybridized carbons (Fsp3) is 0.667. The summed E-state index contributed by atoms with van der Waals surface area (Å²) < 4.78 is 0. The van der Waals surface area contributed by atoms with Crippen molar-refractivity contribution in [2.24, 2.45) is 0 Å². The topological polar surface area (TPSA) is 15.3 Å². The molecule has 2 rings (SSSR count). The summed E-state index contributed by atoms with van der Waals surface area (Å²) in [5.74, 6) is 0. The van der Waals surface area contributed by atoms with E-state index in [1.165, 1.54) is 51.7 Å². The molecular formula is C18H30N2. The molecule has 0 bridgehead atoms. The summed E-state index contributed by atoms with van der Waals surface area (Å²) in [6.07, 6.45) is 6.33. The number of rotatable bonds is 7. The predicted molar refractivity (Wildman–Crippen MR) is 87.3 cm³/mol. The Labute approximate surface area is 124 Å². The quantitative estimate of drug-likeness (QED) is 0.821. The monoisotopic (exact) mass is 274 g/mol. The normalized spacial score (nSPS) is 17.5. The molecule has 0 amide bonds. The summed E-state index contributed by atoms with van der Waals surface area (Å²) in [5, 5.41) is 3.58. The lowest BCUT2D eigenvalue weighted by molar-refractivity contribution is 0.274. The number of nitrogens with one attached hydrogen (secondary N) is 1. The van der Waals surface area contributed by atoms with Crippen molar-refractivity contribution in [3.63, 3.8) is 0 Å². The highest BCUT2D eigenvalue weighted by molar-refractivity contribution is 5.28. The second kappa shape index (κ2) is 8.43. The number of nitrogens with zero attached hydrogens (tertiary/aromatic N) is 1. The van der Waals surface area contributed by atoms with Crippen molar-refractivity contribution in [3.8, 4) is 0 Å². The summed E-state index contributed by atoms with van der Waals surface area (Å²) in [7, 11) is 0. The van der Waals surface area contributed by atoms with Gasteiger partial charge in [0.1, 0.15) is 0 Å². The molecule has 0 spiro atoms. The minimum Gasteiger partial charge on any atom is -0.314 e. The molecule has 2 nitrogen and oxygen atoms in total. The minimum absolute atomic E-state index is 0.712. The lowest BCUT2D eigenvalue weighted by Gasteiger charge is -2.21. The maximum atomic E-state index is 3.58. The van der Waals surface area contributed by atoms with Crippen LogP contribution in [0.1, 0.15) is 44.2 Å². The van der Waals surface area contributed by atoms with Crippen LogP contribution >= 0.6 is 0 Å². The molecule has 1 unspecified atom stereocenters. The summed E-state index contributed by atoms with van der Waals surface area (Å²) in [4.78, 5) is 2.65. The van der Waals surface area contributed by atoms with Gasteiger partial charge in [0.15, 0.2) is 0 Å². The van der Waals surface area contributed by atoms with Crippen molar-refractivity contribution < 1.29 is 0 Å². The zero-order valence-corrected chi connectivity index (χ0v) is 13.2. The molecule has 0 aliphatic carbocycles. The molecule has 1 N–H and O–H groups in total. The molecule has 1 atom stereocenters. The van der Waals surface area contributed by atoms with Gasteiger partial charge in [-0.15, -0.1) is 0 Å². The maximum Gasteiger partial charge on any atom is 0.00647 e. The molecule has 0 saturated heterocycles. The molecule has 1 heterocycles. The zero-order valence-electron chi connectivity index (χ0n) is 13.2. The highest BCUT2D eigenvalue weighted by Crippen LogP contribution is 2.16. The van der Waals surface area contributed by atoms with E-state index in [0.29, 0.717) is 6.04 Å². The molecular weight excluding hydrogens is 244 g/mol. The van der Waals surface area contributed by atoms with Crippen LogP contribution in [0.3, 0.4) is 0 Å². The van der Waals surface area contributed by atoms with Gasteiger partial charge < -0.3 is 10.2 Å². The maximum absolute atomic E-state index is 3.58. The Balaban J connectivity index is 1.73. The van der Waals surface area contributed by atoms with E-state index >= 15 is 0 Å². The van der Waals surface area contributed by atoms with Gasteiger partial charge in [-0.3, -0.25) is 0 Å². The van der Waals surface area contributed by atoms with Gasteiger partial charge in [-0.05, 0) is 56.3 Å². The van der Waals surface area contributed by atoms with E-state index in [1.807, 2.05) is 0 Å². The van der Waals surface area contributed by atoms with E-state index < -0.39 is 0 Å². The van der Waals surface area contributed by atoms with E-state index in [9.17, 15) is 0 Å².